The SMILES string of the molecule is CC1CCC1NC1CCC(C)C1C. The summed E-state index contributed by atoms with van der Waals surface area (Å²) in [6, 6.07) is 1.67. The van der Waals surface area contributed by atoms with Crippen molar-refractivity contribution in [2.24, 2.45) is 17.8 Å². The van der Waals surface area contributed by atoms with Gasteiger partial charge in [0, 0.05) is 12.1 Å². The van der Waals surface area contributed by atoms with Crippen LogP contribution in [0.1, 0.15) is 46.5 Å². The lowest BCUT2D eigenvalue weighted by Crippen LogP contribution is -2.48. The zero-order valence-electron chi connectivity index (χ0n) is 9.22. The lowest BCUT2D eigenvalue weighted by atomic mass is 9.80. The summed E-state index contributed by atoms with van der Waals surface area (Å²) in [6.45, 7) is 7.19. The molecule has 1 heteroatoms. The van der Waals surface area contributed by atoms with E-state index in [0.29, 0.717) is 0 Å². The second-order valence-corrected chi connectivity index (χ2v) is 5.35. The molecule has 2 saturated carbocycles. The summed E-state index contributed by atoms with van der Waals surface area (Å²) in [5.41, 5.74) is 0. The molecule has 0 heterocycles. The van der Waals surface area contributed by atoms with Crippen LogP contribution in [0.2, 0.25) is 0 Å². The van der Waals surface area contributed by atoms with Gasteiger partial charge in [0.15, 0.2) is 0 Å². The van der Waals surface area contributed by atoms with E-state index in [4.69, 9.17) is 0 Å². The van der Waals surface area contributed by atoms with Crippen molar-refractivity contribution in [1.82, 2.24) is 5.32 Å². The van der Waals surface area contributed by atoms with E-state index in [1.54, 1.807) is 0 Å². The highest BCUT2D eigenvalue weighted by atomic mass is 15.0. The van der Waals surface area contributed by atoms with Gasteiger partial charge in [0.2, 0.25) is 0 Å². The highest BCUT2D eigenvalue weighted by Crippen LogP contribution is 2.34. The number of rotatable bonds is 2. The van der Waals surface area contributed by atoms with Gasteiger partial charge in [0.1, 0.15) is 0 Å². The van der Waals surface area contributed by atoms with E-state index < -0.39 is 0 Å². The third kappa shape index (κ3) is 1.76. The molecule has 0 aromatic rings. The van der Waals surface area contributed by atoms with Crippen LogP contribution >= 0.6 is 0 Å². The van der Waals surface area contributed by atoms with Crippen LogP contribution in [0.4, 0.5) is 0 Å². The van der Waals surface area contributed by atoms with E-state index >= 15 is 0 Å². The standard InChI is InChI=1S/C12H23N/c1-8-4-7-12(10(8)3)13-11-6-5-9(11)2/h8-13H,4-7H2,1-3H3. The highest BCUT2D eigenvalue weighted by Gasteiger charge is 2.34. The van der Waals surface area contributed by atoms with Crippen molar-refractivity contribution in [3.8, 4) is 0 Å². The summed E-state index contributed by atoms with van der Waals surface area (Å²) in [7, 11) is 0. The number of nitrogens with one attached hydrogen (secondary N) is 1. The summed E-state index contributed by atoms with van der Waals surface area (Å²) in [4.78, 5) is 0. The minimum Gasteiger partial charge on any atom is -0.311 e. The maximum absolute atomic E-state index is 3.85. The van der Waals surface area contributed by atoms with Crippen LogP contribution in [-0.4, -0.2) is 12.1 Å². The quantitative estimate of drug-likeness (QED) is 0.690. The average molecular weight is 181 g/mol. The van der Waals surface area contributed by atoms with Gasteiger partial charge in [-0.2, -0.15) is 0 Å². The normalized spacial score (nSPS) is 50.5. The minimum absolute atomic E-state index is 0.822. The molecular formula is C12H23N. The van der Waals surface area contributed by atoms with Gasteiger partial charge in [-0.1, -0.05) is 20.8 Å². The van der Waals surface area contributed by atoms with Gasteiger partial charge in [-0.3, -0.25) is 0 Å². The van der Waals surface area contributed by atoms with Gasteiger partial charge in [-0.15, -0.1) is 0 Å². The molecule has 2 aliphatic carbocycles. The zero-order valence-corrected chi connectivity index (χ0v) is 9.22. The van der Waals surface area contributed by atoms with Crippen molar-refractivity contribution in [1.29, 1.82) is 0 Å². The van der Waals surface area contributed by atoms with Crippen LogP contribution in [-0.2, 0) is 0 Å². The van der Waals surface area contributed by atoms with Gasteiger partial charge >= 0.3 is 0 Å². The number of hydrogen-bond acceptors (Lipinski definition) is 1. The maximum Gasteiger partial charge on any atom is 0.00980 e. The smallest absolute Gasteiger partial charge is 0.00980 e. The molecular weight excluding hydrogens is 158 g/mol. The van der Waals surface area contributed by atoms with Gasteiger partial charge < -0.3 is 5.32 Å². The Bertz CT molecular complexity index is 178. The Kier molecular flexibility index (Phi) is 2.64. The Morgan fingerprint density at radius 3 is 1.77 bits per heavy atom. The topological polar surface area (TPSA) is 12.0 Å². The van der Waals surface area contributed by atoms with Crippen LogP contribution < -0.4 is 5.32 Å². The second-order valence-electron chi connectivity index (χ2n) is 5.35. The Labute approximate surface area is 82.3 Å². The first-order valence-corrected chi connectivity index (χ1v) is 5.94. The van der Waals surface area contributed by atoms with E-state index in [1.807, 2.05) is 0 Å². The van der Waals surface area contributed by atoms with Crippen molar-refractivity contribution < 1.29 is 0 Å². The Balaban J connectivity index is 1.81. The van der Waals surface area contributed by atoms with Crippen LogP contribution in [0.5, 0.6) is 0 Å². The van der Waals surface area contributed by atoms with Crippen molar-refractivity contribution in [3.63, 3.8) is 0 Å². The molecule has 2 fully saturated rings. The monoisotopic (exact) mass is 181 g/mol. The Morgan fingerprint density at radius 1 is 0.769 bits per heavy atom. The molecule has 0 aromatic heterocycles. The summed E-state index contributed by atoms with van der Waals surface area (Å²) in [6.07, 6.45) is 5.69. The molecule has 2 rings (SSSR count). The van der Waals surface area contributed by atoms with Gasteiger partial charge in [0.25, 0.3) is 0 Å². The average Bonchev–Trinajstić information content (AvgIpc) is 2.42. The van der Waals surface area contributed by atoms with E-state index in [1.165, 1.54) is 25.7 Å². The van der Waals surface area contributed by atoms with Gasteiger partial charge in [-0.05, 0) is 43.4 Å². The fourth-order valence-electron chi connectivity index (χ4n) is 2.79. The van der Waals surface area contributed by atoms with Gasteiger partial charge in [0.05, 0.1) is 0 Å². The molecule has 0 bridgehead atoms. The molecule has 0 saturated heterocycles. The Hall–Kier alpha value is -0.0400. The van der Waals surface area contributed by atoms with Crippen LogP contribution in [0.15, 0.2) is 0 Å². The molecule has 1 nitrogen and oxygen atoms in total. The molecule has 5 unspecified atom stereocenters. The first-order valence-electron chi connectivity index (χ1n) is 5.94. The van der Waals surface area contributed by atoms with E-state index in [2.05, 4.69) is 26.1 Å². The molecule has 0 aliphatic heterocycles. The van der Waals surface area contributed by atoms with Crippen LogP contribution in [0, 0.1) is 17.8 Å². The molecule has 0 spiro atoms. The fraction of sp³-hybridized carbons (Fsp3) is 1.00. The molecule has 13 heavy (non-hydrogen) atoms. The zero-order chi connectivity index (χ0) is 9.42. The molecule has 0 radical (unpaired) electrons. The molecule has 5 atom stereocenters. The van der Waals surface area contributed by atoms with Gasteiger partial charge in [-0.25, -0.2) is 0 Å². The Morgan fingerprint density at radius 2 is 1.38 bits per heavy atom. The third-order valence-corrected chi connectivity index (χ3v) is 4.51. The van der Waals surface area contributed by atoms with E-state index in [9.17, 15) is 0 Å². The first-order chi connectivity index (χ1) is 6.18. The lowest BCUT2D eigenvalue weighted by molar-refractivity contribution is 0.193. The van der Waals surface area contributed by atoms with Crippen LogP contribution in [0.25, 0.3) is 0 Å². The molecule has 1 N–H and O–H groups in total. The number of hydrogen-bond donors (Lipinski definition) is 1. The predicted molar refractivity (Wildman–Crippen MR) is 56.7 cm³/mol. The molecule has 0 amide bonds. The third-order valence-electron chi connectivity index (χ3n) is 4.51. The van der Waals surface area contributed by atoms with Crippen molar-refractivity contribution in [2.45, 2.75) is 58.5 Å². The molecule has 76 valence electrons. The van der Waals surface area contributed by atoms with Crippen LogP contribution in [0.3, 0.4) is 0 Å². The van der Waals surface area contributed by atoms with Crippen molar-refractivity contribution >= 4 is 0 Å². The summed E-state index contributed by atoms with van der Waals surface area (Å²) < 4.78 is 0. The summed E-state index contributed by atoms with van der Waals surface area (Å²) in [5.74, 6) is 2.77. The first kappa shape index (κ1) is 9.51. The molecule has 0 aromatic carbocycles. The lowest BCUT2D eigenvalue weighted by Gasteiger charge is -2.38. The predicted octanol–water partition coefficient (Wildman–Crippen LogP) is 2.81. The van der Waals surface area contributed by atoms with Crippen molar-refractivity contribution in [2.75, 3.05) is 0 Å². The van der Waals surface area contributed by atoms with E-state index in [0.717, 1.165) is 29.8 Å². The second kappa shape index (κ2) is 3.61. The minimum atomic E-state index is 0.822. The summed E-state index contributed by atoms with van der Waals surface area (Å²) >= 11 is 0. The summed E-state index contributed by atoms with van der Waals surface area (Å²) in [5, 5.41) is 3.85. The fourth-order valence-corrected chi connectivity index (χ4v) is 2.79. The highest BCUT2D eigenvalue weighted by molar-refractivity contribution is 4.91. The van der Waals surface area contributed by atoms with Crippen molar-refractivity contribution in [3.05, 3.63) is 0 Å². The largest absolute Gasteiger partial charge is 0.311 e. The van der Waals surface area contributed by atoms with E-state index in [-0.39, 0.29) is 0 Å². The molecule has 2 aliphatic rings. The maximum atomic E-state index is 3.85.